The van der Waals surface area contributed by atoms with Gasteiger partial charge in [-0.2, -0.15) is 0 Å². The molecular formula is C16H20N2O2S. The normalized spacial score (nSPS) is 22.4. The summed E-state index contributed by atoms with van der Waals surface area (Å²) in [6, 6.07) is 7.99. The SMILES string of the molecule is NC(=S)C1(C(=O)NCC2Cc3ccccc3O2)CCCC1. The summed E-state index contributed by atoms with van der Waals surface area (Å²) in [4.78, 5) is 12.8. The zero-order chi connectivity index (χ0) is 14.9. The molecule has 112 valence electrons. The zero-order valence-corrected chi connectivity index (χ0v) is 12.7. The van der Waals surface area contributed by atoms with Crippen molar-refractivity contribution >= 4 is 23.1 Å². The highest BCUT2D eigenvalue weighted by Gasteiger charge is 2.44. The summed E-state index contributed by atoms with van der Waals surface area (Å²) in [5, 5.41) is 2.99. The Labute approximate surface area is 130 Å². The molecule has 4 nitrogen and oxygen atoms in total. The van der Waals surface area contributed by atoms with Gasteiger partial charge in [0.1, 0.15) is 11.9 Å². The first-order valence-electron chi connectivity index (χ1n) is 7.44. The topological polar surface area (TPSA) is 64.4 Å². The van der Waals surface area contributed by atoms with Gasteiger partial charge in [-0.3, -0.25) is 4.79 Å². The molecular weight excluding hydrogens is 284 g/mol. The molecule has 1 aromatic carbocycles. The van der Waals surface area contributed by atoms with Gasteiger partial charge in [0.05, 0.1) is 16.9 Å². The van der Waals surface area contributed by atoms with Crippen LogP contribution in [0.1, 0.15) is 31.2 Å². The number of carbonyl (C=O) groups excluding carboxylic acids is 1. The van der Waals surface area contributed by atoms with Crippen LogP contribution in [0.5, 0.6) is 5.75 Å². The van der Waals surface area contributed by atoms with Crippen molar-refractivity contribution in [2.24, 2.45) is 11.1 Å². The second-order valence-electron chi connectivity index (χ2n) is 5.92. The van der Waals surface area contributed by atoms with Crippen LogP contribution in [0, 0.1) is 5.41 Å². The van der Waals surface area contributed by atoms with Crippen molar-refractivity contribution in [2.75, 3.05) is 6.54 Å². The largest absolute Gasteiger partial charge is 0.488 e. The Morgan fingerprint density at radius 2 is 2.10 bits per heavy atom. The Hall–Kier alpha value is -1.62. The molecule has 1 aliphatic heterocycles. The number of hydrogen-bond donors (Lipinski definition) is 2. The van der Waals surface area contributed by atoms with E-state index in [0.29, 0.717) is 11.5 Å². The number of nitrogens with one attached hydrogen (secondary N) is 1. The minimum atomic E-state index is -0.638. The molecule has 0 aromatic heterocycles. The summed E-state index contributed by atoms with van der Waals surface area (Å²) in [6.07, 6.45) is 4.37. The van der Waals surface area contributed by atoms with E-state index < -0.39 is 5.41 Å². The maximum Gasteiger partial charge on any atom is 0.233 e. The average Bonchev–Trinajstić information content (AvgIpc) is 3.11. The third-order valence-electron chi connectivity index (χ3n) is 4.57. The number of carbonyl (C=O) groups is 1. The number of nitrogens with two attached hydrogens (primary N) is 1. The first-order valence-corrected chi connectivity index (χ1v) is 7.85. The number of hydrogen-bond acceptors (Lipinski definition) is 3. The van der Waals surface area contributed by atoms with E-state index in [2.05, 4.69) is 11.4 Å². The first kappa shape index (κ1) is 14.3. The Bertz CT molecular complexity index is 542. The van der Waals surface area contributed by atoms with Crippen LogP contribution in [0.4, 0.5) is 0 Å². The lowest BCUT2D eigenvalue weighted by Gasteiger charge is -2.26. The Kier molecular flexibility index (Phi) is 3.85. The van der Waals surface area contributed by atoms with Crippen LogP contribution in [0.15, 0.2) is 24.3 Å². The van der Waals surface area contributed by atoms with Gasteiger partial charge in [0, 0.05) is 6.42 Å². The molecule has 1 aliphatic carbocycles. The Balaban J connectivity index is 1.59. The van der Waals surface area contributed by atoms with E-state index in [0.717, 1.165) is 37.9 Å². The lowest BCUT2D eigenvalue weighted by atomic mass is 9.85. The standard InChI is InChI=1S/C16H20N2O2S/c17-14(21)16(7-3-4-8-16)15(19)18-10-12-9-11-5-1-2-6-13(11)20-12/h1-2,5-6,12H,3-4,7-10H2,(H2,17,21)(H,18,19). The number of amides is 1. The number of benzene rings is 1. The minimum Gasteiger partial charge on any atom is -0.488 e. The van der Waals surface area contributed by atoms with Crippen molar-refractivity contribution in [3.63, 3.8) is 0 Å². The molecule has 1 aromatic rings. The number of fused-ring (bicyclic) bond motifs is 1. The van der Waals surface area contributed by atoms with Crippen LogP contribution in [-0.4, -0.2) is 23.5 Å². The summed E-state index contributed by atoms with van der Waals surface area (Å²) < 4.78 is 5.83. The van der Waals surface area contributed by atoms with Gasteiger partial charge in [0.25, 0.3) is 0 Å². The molecule has 21 heavy (non-hydrogen) atoms. The fourth-order valence-corrected chi connectivity index (χ4v) is 3.60. The number of thiocarbonyl (C=S) groups is 1. The van der Waals surface area contributed by atoms with Crippen molar-refractivity contribution < 1.29 is 9.53 Å². The average molecular weight is 304 g/mol. The highest BCUT2D eigenvalue weighted by atomic mass is 32.1. The number of ether oxygens (including phenoxy) is 1. The number of para-hydroxylation sites is 1. The molecule has 1 atom stereocenters. The molecule has 0 radical (unpaired) electrons. The van der Waals surface area contributed by atoms with Crippen LogP contribution >= 0.6 is 12.2 Å². The van der Waals surface area contributed by atoms with Gasteiger partial charge in [-0.15, -0.1) is 0 Å². The Morgan fingerprint density at radius 1 is 1.38 bits per heavy atom. The summed E-state index contributed by atoms with van der Waals surface area (Å²) in [6.45, 7) is 0.498. The summed E-state index contributed by atoms with van der Waals surface area (Å²) >= 11 is 5.14. The smallest absolute Gasteiger partial charge is 0.233 e. The van der Waals surface area contributed by atoms with E-state index in [4.69, 9.17) is 22.7 Å². The van der Waals surface area contributed by atoms with Crippen molar-refractivity contribution in [3.8, 4) is 5.75 Å². The van der Waals surface area contributed by atoms with E-state index in [1.807, 2.05) is 18.2 Å². The number of rotatable bonds is 4. The molecule has 0 spiro atoms. The second-order valence-corrected chi connectivity index (χ2v) is 6.36. The Morgan fingerprint density at radius 3 is 2.76 bits per heavy atom. The second kappa shape index (κ2) is 5.64. The zero-order valence-electron chi connectivity index (χ0n) is 11.9. The van der Waals surface area contributed by atoms with Crippen molar-refractivity contribution in [3.05, 3.63) is 29.8 Å². The maximum absolute atomic E-state index is 12.5. The molecule has 5 heteroatoms. The molecule has 3 rings (SSSR count). The molecule has 0 bridgehead atoms. The van der Waals surface area contributed by atoms with E-state index in [-0.39, 0.29) is 12.0 Å². The summed E-state index contributed by atoms with van der Waals surface area (Å²) in [5.41, 5.74) is 6.38. The molecule has 1 amide bonds. The van der Waals surface area contributed by atoms with Gasteiger partial charge in [0.2, 0.25) is 5.91 Å². The molecule has 3 N–H and O–H groups in total. The van der Waals surface area contributed by atoms with Gasteiger partial charge < -0.3 is 15.8 Å². The molecule has 0 saturated heterocycles. The highest BCUT2D eigenvalue weighted by Crippen LogP contribution is 2.38. The van der Waals surface area contributed by atoms with Crippen LogP contribution in [-0.2, 0) is 11.2 Å². The lowest BCUT2D eigenvalue weighted by Crippen LogP contribution is -2.49. The van der Waals surface area contributed by atoms with Crippen molar-refractivity contribution in [1.29, 1.82) is 0 Å². The van der Waals surface area contributed by atoms with Crippen LogP contribution in [0.25, 0.3) is 0 Å². The van der Waals surface area contributed by atoms with Crippen LogP contribution in [0.2, 0.25) is 0 Å². The van der Waals surface area contributed by atoms with Crippen molar-refractivity contribution in [1.82, 2.24) is 5.32 Å². The van der Waals surface area contributed by atoms with E-state index >= 15 is 0 Å². The first-order chi connectivity index (χ1) is 10.1. The molecule has 1 saturated carbocycles. The van der Waals surface area contributed by atoms with Crippen LogP contribution < -0.4 is 15.8 Å². The predicted molar refractivity (Wildman–Crippen MR) is 85.3 cm³/mol. The third-order valence-corrected chi connectivity index (χ3v) is 4.96. The predicted octanol–water partition coefficient (Wildman–Crippen LogP) is 1.95. The lowest BCUT2D eigenvalue weighted by molar-refractivity contribution is -0.127. The van der Waals surface area contributed by atoms with Crippen molar-refractivity contribution in [2.45, 2.75) is 38.2 Å². The quantitative estimate of drug-likeness (QED) is 0.835. The highest BCUT2D eigenvalue weighted by molar-refractivity contribution is 7.80. The van der Waals surface area contributed by atoms with Gasteiger partial charge >= 0.3 is 0 Å². The monoisotopic (exact) mass is 304 g/mol. The van der Waals surface area contributed by atoms with Gasteiger partial charge in [-0.1, -0.05) is 43.3 Å². The summed E-state index contributed by atoms with van der Waals surface area (Å²) in [5.74, 6) is 0.883. The minimum absolute atomic E-state index is 0.00357. The van der Waals surface area contributed by atoms with Gasteiger partial charge in [-0.05, 0) is 24.5 Å². The fraction of sp³-hybridized carbons (Fsp3) is 0.500. The maximum atomic E-state index is 12.5. The van der Waals surface area contributed by atoms with E-state index in [1.165, 1.54) is 5.56 Å². The molecule has 1 fully saturated rings. The molecule has 1 unspecified atom stereocenters. The molecule has 2 aliphatic rings. The van der Waals surface area contributed by atoms with Gasteiger partial charge in [-0.25, -0.2) is 0 Å². The van der Waals surface area contributed by atoms with Crippen LogP contribution in [0.3, 0.4) is 0 Å². The van der Waals surface area contributed by atoms with E-state index in [1.54, 1.807) is 0 Å². The summed E-state index contributed by atoms with van der Waals surface area (Å²) in [7, 11) is 0. The fourth-order valence-electron chi connectivity index (χ4n) is 3.31. The van der Waals surface area contributed by atoms with E-state index in [9.17, 15) is 4.79 Å². The third kappa shape index (κ3) is 2.62. The van der Waals surface area contributed by atoms with Gasteiger partial charge in [0.15, 0.2) is 0 Å². The molecule has 1 heterocycles.